The fraction of sp³-hybridized carbons (Fsp3) is 0.462. The third-order valence-corrected chi connectivity index (χ3v) is 4.79. The number of rotatable bonds is 2. The summed E-state index contributed by atoms with van der Waals surface area (Å²) in [6.45, 7) is 2.34. The third kappa shape index (κ3) is 2.69. The van der Waals surface area contributed by atoms with Crippen molar-refractivity contribution < 1.29 is 0 Å². The molecule has 1 aromatic heterocycles. The van der Waals surface area contributed by atoms with Gasteiger partial charge >= 0.3 is 0 Å². The lowest BCUT2D eigenvalue weighted by Gasteiger charge is -2.21. The van der Waals surface area contributed by atoms with Crippen molar-refractivity contribution in [2.24, 2.45) is 5.92 Å². The van der Waals surface area contributed by atoms with Crippen molar-refractivity contribution in [3.63, 3.8) is 0 Å². The summed E-state index contributed by atoms with van der Waals surface area (Å²) in [4.78, 5) is 4.72. The van der Waals surface area contributed by atoms with E-state index in [9.17, 15) is 0 Å². The van der Waals surface area contributed by atoms with Gasteiger partial charge in [0, 0.05) is 10.9 Å². The van der Waals surface area contributed by atoms with Crippen molar-refractivity contribution in [1.29, 1.82) is 0 Å². The fourth-order valence-corrected chi connectivity index (χ4v) is 4.01. The van der Waals surface area contributed by atoms with Crippen molar-refractivity contribution in [1.82, 2.24) is 10.3 Å². The van der Waals surface area contributed by atoms with Crippen molar-refractivity contribution in [3.8, 4) is 0 Å². The SMILES string of the molecule is Brc1ccc2nc(CC3CCCNC3)sc2c1. The van der Waals surface area contributed by atoms with E-state index in [1.807, 2.05) is 11.3 Å². The predicted molar refractivity (Wildman–Crippen MR) is 76.6 cm³/mol. The molecule has 0 spiro atoms. The zero-order valence-electron chi connectivity index (χ0n) is 9.58. The van der Waals surface area contributed by atoms with Crippen LogP contribution in [0.2, 0.25) is 0 Å². The molecule has 0 bridgehead atoms. The first-order chi connectivity index (χ1) is 8.31. The monoisotopic (exact) mass is 310 g/mol. The molecule has 1 atom stereocenters. The minimum absolute atomic E-state index is 0.771. The molecule has 1 saturated heterocycles. The second kappa shape index (κ2) is 5.04. The lowest BCUT2D eigenvalue weighted by Crippen LogP contribution is -2.30. The fourth-order valence-electron chi connectivity index (χ4n) is 2.38. The molecule has 3 rings (SSSR count). The normalized spacial score (nSPS) is 20.9. The second-order valence-corrected chi connectivity index (χ2v) is 6.67. The van der Waals surface area contributed by atoms with Gasteiger partial charge in [0.1, 0.15) is 0 Å². The average Bonchev–Trinajstić information content (AvgIpc) is 2.71. The first-order valence-corrected chi connectivity index (χ1v) is 7.68. The highest BCUT2D eigenvalue weighted by atomic mass is 79.9. The van der Waals surface area contributed by atoms with E-state index in [-0.39, 0.29) is 0 Å². The number of aromatic nitrogens is 1. The molecule has 1 fully saturated rings. The molecule has 90 valence electrons. The van der Waals surface area contributed by atoms with Gasteiger partial charge in [-0.25, -0.2) is 4.98 Å². The van der Waals surface area contributed by atoms with E-state index in [0.29, 0.717) is 0 Å². The highest BCUT2D eigenvalue weighted by molar-refractivity contribution is 9.10. The Morgan fingerprint density at radius 3 is 3.24 bits per heavy atom. The molecule has 1 unspecified atom stereocenters. The molecule has 4 heteroatoms. The minimum atomic E-state index is 0.771. The first kappa shape index (κ1) is 11.6. The zero-order chi connectivity index (χ0) is 11.7. The molecule has 0 saturated carbocycles. The maximum absolute atomic E-state index is 4.72. The standard InChI is InChI=1S/C13H15BrN2S/c14-10-3-4-11-12(7-10)17-13(16-11)6-9-2-1-5-15-8-9/h3-4,7,9,15H,1-2,5-6,8H2. The van der Waals surface area contributed by atoms with E-state index < -0.39 is 0 Å². The maximum Gasteiger partial charge on any atom is 0.0941 e. The van der Waals surface area contributed by atoms with Crippen LogP contribution in [-0.4, -0.2) is 18.1 Å². The second-order valence-electron chi connectivity index (χ2n) is 4.64. The summed E-state index contributed by atoms with van der Waals surface area (Å²) < 4.78 is 2.43. The molecule has 0 aliphatic carbocycles. The molecule has 1 N–H and O–H groups in total. The zero-order valence-corrected chi connectivity index (χ0v) is 12.0. The van der Waals surface area contributed by atoms with Crippen LogP contribution in [0, 0.1) is 5.92 Å². The van der Waals surface area contributed by atoms with E-state index in [4.69, 9.17) is 4.98 Å². The van der Waals surface area contributed by atoms with Crippen LogP contribution in [-0.2, 0) is 6.42 Å². The van der Waals surface area contributed by atoms with Crippen LogP contribution in [0.4, 0.5) is 0 Å². The number of halogens is 1. The Balaban J connectivity index is 1.80. The summed E-state index contributed by atoms with van der Waals surface area (Å²) in [6.07, 6.45) is 3.78. The number of hydrogen-bond acceptors (Lipinski definition) is 3. The maximum atomic E-state index is 4.72. The number of piperidine rings is 1. The van der Waals surface area contributed by atoms with Gasteiger partial charge in [-0.05, 0) is 50.0 Å². The molecular weight excluding hydrogens is 296 g/mol. The highest BCUT2D eigenvalue weighted by Gasteiger charge is 2.15. The van der Waals surface area contributed by atoms with Crippen LogP contribution in [0.1, 0.15) is 17.8 Å². The van der Waals surface area contributed by atoms with E-state index in [0.717, 1.165) is 28.9 Å². The Kier molecular flexibility index (Phi) is 3.45. The molecule has 0 radical (unpaired) electrons. The lowest BCUT2D eigenvalue weighted by atomic mass is 9.97. The van der Waals surface area contributed by atoms with Gasteiger partial charge in [0.2, 0.25) is 0 Å². The topological polar surface area (TPSA) is 24.9 Å². The number of nitrogens with zero attached hydrogens (tertiary/aromatic N) is 1. The summed E-state index contributed by atoms with van der Waals surface area (Å²) >= 11 is 5.35. The molecule has 1 aromatic carbocycles. The Labute approximate surface area is 114 Å². The van der Waals surface area contributed by atoms with Gasteiger partial charge in [0.15, 0.2) is 0 Å². The van der Waals surface area contributed by atoms with Crippen LogP contribution in [0.3, 0.4) is 0 Å². The van der Waals surface area contributed by atoms with Gasteiger partial charge in [0.05, 0.1) is 15.2 Å². The van der Waals surface area contributed by atoms with Gasteiger partial charge < -0.3 is 5.32 Å². The molecule has 2 heterocycles. The molecule has 2 aromatic rings. The van der Waals surface area contributed by atoms with Gasteiger partial charge in [0.25, 0.3) is 0 Å². The molecule has 0 amide bonds. The highest BCUT2D eigenvalue weighted by Crippen LogP contribution is 2.27. The Hall–Kier alpha value is -0.450. The Morgan fingerprint density at radius 2 is 2.41 bits per heavy atom. The summed E-state index contributed by atoms with van der Waals surface area (Å²) in [6, 6.07) is 6.32. The lowest BCUT2D eigenvalue weighted by molar-refractivity contribution is 0.376. The number of thiazole rings is 1. The van der Waals surface area contributed by atoms with Crippen molar-refractivity contribution in [2.75, 3.05) is 13.1 Å². The number of fused-ring (bicyclic) bond motifs is 1. The molecule has 17 heavy (non-hydrogen) atoms. The van der Waals surface area contributed by atoms with Gasteiger partial charge in [-0.2, -0.15) is 0 Å². The summed E-state index contributed by atoms with van der Waals surface area (Å²) in [7, 11) is 0. The van der Waals surface area contributed by atoms with E-state index >= 15 is 0 Å². The third-order valence-electron chi connectivity index (χ3n) is 3.26. The molecule has 1 aliphatic rings. The average molecular weight is 311 g/mol. The number of hydrogen-bond donors (Lipinski definition) is 1. The smallest absolute Gasteiger partial charge is 0.0941 e. The van der Waals surface area contributed by atoms with Crippen molar-refractivity contribution >= 4 is 37.5 Å². The predicted octanol–water partition coefficient (Wildman–Crippen LogP) is 3.60. The summed E-state index contributed by atoms with van der Waals surface area (Å²) in [5, 5.41) is 4.75. The van der Waals surface area contributed by atoms with Gasteiger partial charge in [-0.3, -0.25) is 0 Å². The van der Waals surface area contributed by atoms with Crippen molar-refractivity contribution in [3.05, 3.63) is 27.7 Å². The summed E-state index contributed by atoms with van der Waals surface area (Å²) in [5.41, 5.74) is 1.14. The number of benzene rings is 1. The van der Waals surface area contributed by atoms with E-state index in [1.165, 1.54) is 29.1 Å². The minimum Gasteiger partial charge on any atom is -0.316 e. The first-order valence-electron chi connectivity index (χ1n) is 6.07. The summed E-state index contributed by atoms with van der Waals surface area (Å²) in [5.74, 6) is 0.771. The molecular formula is C13H15BrN2S. The van der Waals surface area contributed by atoms with Crippen LogP contribution in [0.25, 0.3) is 10.2 Å². The van der Waals surface area contributed by atoms with Crippen LogP contribution < -0.4 is 5.32 Å². The van der Waals surface area contributed by atoms with Crippen LogP contribution in [0.15, 0.2) is 22.7 Å². The van der Waals surface area contributed by atoms with E-state index in [1.54, 1.807) is 0 Å². The van der Waals surface area contributed by atoms with Crippen LogP contribution in [0.5, 0.6) is 0 Å². The largest absolute Gasteiger partial charge is 0.316 e. The molecule has 1 aliphatic heterocycles. The molecule has 2 nitrogen and oxygen atoms in total. The Morgan fingerprint density at radius 1 is 1.47 bits per heavy atom. The quantitative estimate of drug-likeness (QED) is 0.916. The Bertz CT molecular complexity index is 517. The van der Waals surface area contributed by atoms with Crippen LogP contribution >= 0.6 is 27.3 Å². The van der Waals surface area contributed by atoms with E-state index in [2.05, 4.69) is 39.4 Å². The van der Waals surface area contributed by atoms with Gasteiger partial charge in [-0.1, -0.05) is 15.9 Å². The number of nitrogens with one attached hydrogen (secondary N) is 1. The van der Waals surface area contributed by atoms with Crippen molar-refractivity contribution in [2.45, 2.75) is 19.3 Å². The van der Waals surface area contributed by atoms with Gasteiger partial charge in [-0.15, -0.1) is 11.3 Å².